The molecule has 3 heteroatoms. The van der Waals surface area contributed by atoms with Crippen LogP contribution in [0, 0.1) is 5.82 Å². The molecule has 1 heterocycles. The Balaban J connectivity index is 2.60. The summed E-state index contributed by atoms with van der Waals surface area (Å²) in [5, 5.41) is 2.85. The van der Waals surface area contributed by atoms with E-state index in [-0.39, 0.29) is 5.82 Å². The average molecular weight is 150 g/mol. The zero-order chi connectivity index (χ0) is 7.68. The van der Waals surface area contributed by atoms with Gasteiger partial charge in [0.25, 0.3) is 0 Å². The van der Waals surface area contributed by atoms with E-state index in [1.165, 1.54) is 6.07 Å². The number of nitrogens with zero attached hydrogens (tertiary/aromatic N) is 1. The number of hydrogen-bond acceptors (Lipinski definition) is 2. The van der Waals surface area contributed by atoms with Crippen LogP contribution >= 0.6 is 0 Å². The topological polar surface area (TPSA) is 24.4 Å². The van der Waals surface area contributed by atoms with E-state index in [4.69, 9.17) is 0 Å². The minimum atomic E-state index is -0.188. The van der Waals surface area contributed by atoms with Crippen molar-refractivity contribution in [1.29, 1.82) is 0 Å². The van der Waals surface area contributed by atoms with Crippen molar-refractivity contribution in [1.82, 2.24) is 5.32 Å². The minimum Gasteiger partial charge on any atom is -0.372 e. The number of hydrogen-bond donors (Lipinski definition) is 1. The van der Waals surface area contributed by atoms with Crippen LogP contribution in [0.4, 0.5) is 10.1 Å². The van der Waals surface area contributed by atoms with E-state index in [1.807, 2.05) is 0 Å². The highest BCUT2D eigenvalue weighted by Crippen LogP contribution is 2.22. The first-order valence-electron chi connectivity index (χ1n) is 3.41. The van der Waals surface area contributed by atoms with Gasteiger partial charge in [-0.3, -0.25) is 0 Å². The number of benzene rings is 1. The second-order valence-electron chi connectivity index (χ2n) is 2.38. The van der Waals surface area contributed by atoms with Crippen molar-refractivity contribution < 1.29 is 4.39 Å². The van der Waals surface area contributed by atoms with E-state index in [1.54, 1.807) is 18.5 Å². The summed E-state index contributed by atoms with van der Waals surface area (Å²) in [6.45, 7) is 0.533. The molecule has 1 N–H and O–H groups in total. The lowest BCUT2D eigenvalue weighted by Crippen LogP contribution is -2.15. The summed E-state index contributed by atoms with van der Waals surface area (Å²) >= 11 is 0. The van der Waals surface area contributed by atoms with Crippen molar-refractivity contribution in [3.8, 4) is 0 Å². The summed E-state index contributed by atoms with van der Waals surface area (Å²) in [7, 11) is 0. The Morgan fingerprint density at radius 1 is 1.45 bits per heavy atom. The van der Waals surface area contributed by atoms with E-state index < -0.39 is 0 Å². The van der Waals surface area contributed by atoms with Gasteiger partial charge in [-0.2, -0.15) is 0 Å². The molecule has 0 atom stereocenters. The Morgan fingerprint density at radius 3 is 3.18 bits per heavy atom. The summed E-state index contributed by atoms with van der Waals surface area (Å²) in [4.78, 5) is 3.98. The number of halogens is 1. The van der Waals surface area contributed by atoms with Crippen LogP contribution in [0.1, 0.15) is 5.56 Å². The second-order valence-corrected chi connectivity index (χ2v) is 2.38. The molecule has 0 amide bonds. The maximum atomic E-state index is 13.0. The van der Waals surface area contributed by atoms with Gasteiger partial charge in [0.2, 0.25) is 0 Å². The molecule has 0 radical (unpaired) electrons. The van der Waals surface area contributed by atoms with Gasteiger partial charge in [0.1, 0.15) is 5.82 Å². The van der Waals surface area contributed by atoms with Gasteiger partial charge in [-0.05, 0) is 12.1 Å². The molecule has 0 spiro atoms. The zero-order valence-corrected chi connectivity index (χ0v) is 5.84. The van der Waals surface area contributed by atoms with Gasteiger partial charge in [-0.25, -0.2) is 9.38 Å². The van der Waals surface area contributed by atoms with E-state index >= 15 is 0 Å². The molecular weight excluding hydrogens is 143 g/mol. The first-order valence-corrected chi connectivity index (χ1v) is 3.41. The van der Waals surface area contributed by atoms with Crippen LogP contribution in [-0.4, -0.2) is 6.34 Å². The van der Waals surface area contributed by atoms with Crippen molar-refractivity contribution >= 4 is 12.0 Å². The molecule has 0 bridgehead atoms. The third-order valence-electron chi connectivity index (χ3n) is 1.67. The molecule has 0 aromatic heterocycles. The standard InChI is InChI=1S/C8H7FN2/c9-7-2-1-3-8-6(7)4-10-5-11-8/h1-3,5H,4H2,(H,10,11). The van der Waals surface area contributed by atoms with Gasteiger partial charge < -0.3 is 5.32 Å². The molecule has 2 rings (SSSR count). The van der Waals surface area contributed by atoms with Gasteiger partial charge in [-0.1, -0.05) is 6.07 Å². The number of nitrogens with one attached hydrogen (secondary N) is 1. The molecule has 0 saturated heterocycles. The average Bonchev–Trinajstić information content (AvgIpc) is 2.06. The fraction of sp³-hybridized carbons (Fsp3) is 0.125. The summed E-state index contributed by atoms with van der Waals surface area (Å²) in [6.07, 6.45) is 1.59. The predicted octanol–water partition coefficient (Wildman–Crippen LogP) is 1.59. The Kier molecular flexibility index (Phi) is 1.35. The Morgan fingerprint density at radius 2 is 2.36 bits per heavy atom. The smallest absolute Gasteiger partial charge is 0.130 e. The molecule has 0 aliphatic carbocycles. The number of rotatable bonds is 0. The fourth-order valence-electron chi connectivity index (χ4n) is 1.11. The number of aliphatic imine (C=N–C) groups is 1. The molecule has 1 aromatic carbocycles. The highest BCUT2D eigenvalue weighted by molar-refractivity contribution is 5.66. The van der Waals surface area contributed by atoms with Crippen LogP contribution in [0.15, 0.2) is 23.2 Å². The lowest BCUT2D eigenvalue weighted by molar-refractivity contribution is 0.605. The van der Waals surface area contributed by atoms with Gasteiger partial charge in [0, 0.05) is 12.1 Å². The van der Waals surface area contributed by atoms with Crippen molar-refractivity contribution in [2.45, 2.75) is 6.54 Å². The first kappa shape index (κ1) is 6.34. The summed E-state index contributed by atoms with van der Waals surface area (Å²) in [6, 6.07) is 4.91. The molecule has 0 saturated carbocycles. The third kappa shape index (κ3) is 0.981. The number of fused-ring (bicyclic) bond motifs is 1. The van der Waals surface area contributed by atoms with Gasteiger partial charge in [0.15, 0.2) is 0 Å². The van der Waals surface area contributed by atoms with E-state index in [0.717, 1.165) is 5.69 Å². The summed E-state index contributed by atoms with van der Waals surface area (Å²) in [5.74, 6) is -0.188. The molecule has 2 nitrogen and oxygen atoms in total. The SMILES string of the molecule is Fc1cccc2c1CNC=N2. The van der Waals surface area contributed by atoms with Gasteiger partial charge in [0.05, 0.1) is 12.0 Å². The quantitative estimate of drug-likeness (QED) is 0.596. The normalized spacial score (nSPS) is 13.9. The van der Waals surface area contributed by atoms with Gasteiger partial charge >= 0.3 is 0 Å². The maximum absolute atomic E-state index is 13.0. The molecular formula is C8H7FN2. The van der Waals surface area contributed by atoms with Crippen molar-refractivity contribution in [3.63, 3.8) is 0 Å². The lowest BCUT2D eigenvalue weighted by atomic mass is 10.1. The third-order valence-corrected chi connectivity index (χ3v) is 1.67. The zero-order valence-electron chi connectivity index (χ0n) is 5.84. The summed E-state index contributed by atoms with van der Waals surface area (Å²) in [5.41, 5.74) is 1.37. The highest BCUT2D eigenvalue weighted by atomic mass is 19.1. The van der Waals surface area contributed by atoms with Crippen LogP contribution in [0.25, 0.3) is 0 Å². The van der Waals surface area contributed by atoms with Crippen LogP contribution in [0.5, 0.6) is 0 Å². The predicted molar refractivity (Wildman–Crippen MR) is 41.4 cm³/mol. The summed E-state index contributed by atoms with van der Waals surface area (Å²) < 4.78 is 13.0. The molecule has 1 aliphatic rings. The van der Waals surface area contributed by atoms with Crippen LogP contribution in [0.2, 0.25) is 0 Å². The van der Waals surface area contributed by atoms with Crippen LogP contribution in [-0.2, 0) is 6.54 Å². The molecule has 56 valence electrons. The van der Waals surface area contributed by atoms with E-state index in [9.17, 15) is 4.39 Å². The monoisotopic (exact) mass is 150 g/mol. The molecule has 0 unspecified atom stereocenters. The van der Waals surface area contributed by atoms with Crippen LogP contribution < -0.4 is 5.32 Å². The van der Waals surface area contributed by atoms with Crippen molar-refractivity contribution in [2.75, 3.05) is 0 Å². The van der Waals surface area contributed by atoms with Crippen LogP contribution in [0.3, 0.4) is 0 Å². The fourth-order valence-corrected chi connectivity index (χ4v) is 1.11. The largest absolute Gasteiger partial charge is 0.372 e. The maximum Gasteiger partial charge on any atom is 0.130 e. The molecule has 1 aliphatic heterocycles. The van der Waals surface area contributed by atoms with E-state index in [2.05, 4.69) is 10.3 Å². The Labute approximate surface area is 63.8 Å². The highest BCUT2D eigenvalue weighted by Gasteiger charge is 2.08. The van der Waals surface area contributed by atoms with Gasteiger partial charge in [-0.15, -0.1) is 0 Å². The molecule has 11 heavy (non-hydrogen) atoms. The molecule has 0 fully saturated rings. The van der Waals surface area contributed by atoms with Crippen molar-refractivity contribution in [3.05, 3.63) is 29.6 Å². The van der Waals surface area contributed by atoms with E-state index in [0.29, 0.717) is 12.1 Å². The lowest BCUT2D eigenvalue weighted by Gasteiger charge is -2.10. The second kappa shape index (κ2) is 2.34. The minimum absolute atomic E-state index is 0.188. The Hall–Kier alpha value is -1.38. The Bertz CT molecular complexity index is 307. The molecule has 1 aromatic rings. The first-order chi connectivity index (χ1) is 5.38. The van der Waals surface area contributed by atoms with Crippen molar-refractivity contribution in [2.24, 2.45) is 4.99 Å².